The van der Waals surface area contributed by atoms with E-state index in [1.165, 1.54) is 25.3 Å². The van der Waals surface area contributed by atoms with Crippen molar-refractivity contribution in [2.75, 3.05) is 25.2 Å². The Morgan fingerprint density at radius 3 is 2.67 bits per heavy atom. The van der Waals surface area contributed by atoms with Crippen LogP contribution in [0, 0.1) is 35.5 Å². The number of dihydropyridines is 1. The molecule has 0 aromatic heterocycles. The van der Waals surface area contributed by atoms with Crippen LogP contribution in [-0.2, 0) is 39.0 Å². The number of nitrogens with one attached hydrogen (secondary N) is 3. The van der Waals surface area contributed by atoms with E-state index in [0.717, 1.165) is 131 Å². The zero-order chi connectivity index (χ0) is 55.8. The molecule has 13 unspecified atom stereocenters. The maximum atomic E-state index is 13.5. The van der Waals surface area contributed by atoms with Gasteiger partial charge in [-0.3, -0.25) is 9.59 Å². The van der Waals surface area contributed by atoms with Crippen molar-refractivity contribution < 1.29 is 38.7 Å². The van der Waals surface area contributed by atoms with E-state index in [0.29, 0.717) is 60.7 Å². The molecule has 4 aromatic rings. The normalized spacial score (nSPS) is 32.1. The Labute approximate surface area is 490 Å². The summed E-state index contributed by atoms with van der Waals surface area (Å²) < 4.78 is 27.8. The molecule has 6 aliphatic heterocycles. The van der Waals surface area contributed by atoms with Crippen molar-refractivity contribution in [3.05, 3.63) is 129 Å². The van der Waals surface area contributed by atoms with E-state index < -0.39 is 23.6 Å². The summed E-state index contributed by atoms with van der Waals surface area (Å²) in [5.41, 5.74) is 18.1. The van der Waals surface area contributed by atoms with E-state index in [-0.39, 0.29) is 72.5 Å². The number of carbonyl (C=O) groups is 2. The van der Waals surface area contributed by atoms with Crippen molar-refractivity contribution in [1.82, 2.24) is 16.0 Å². The molecule has 12 nitrogen and oxygen atoms in total. The van der Waals surface area contributed by atoms with Gasteiger partial charge >= 0.3 is 5.97 Å². The van der Waals surface area contributed by atoms with Crippen LogP contribution >= 0.6 is 21.6 Å². The van der Waals surface area contributed by atoms with Gasteiger partial charge in [0.15, 0.2) is 11.5 Å². The minimum absolute atomic E-state index is 0.0603. The number of aromatic hydroxyl groups is 2. The molecule has 6 bridgehead atoms. The Balaban J connectivity index is 1.02. The Bertz CT molecular complexity index is 3370. The van der Waals surface area contributed by atoms with E-state index in [1.807, 2.05) is 27.7 Å². The maximum Gasteiger partial charge on any atom is 0.302 e. The molecule has 0 amide bonds. The van der Waals surface area contributed by atoms with E-state index in [2.05, 4.69) is 94.6 Å². The largest absolute Gasteiger partial charge is 0.508 e. The highest BCUT2D eigenvalue weighted by atomic mass is 33.1. The molecule has 3 saturated carbocycles. The molecule has 428 valence electrons. The number of esters is 1. The Hall–Kier alpha value is -5.82. The molecule has 2 saturated heterocycles. The summed E-state index contributed by atoms with van der Waals surface area (Å²) in [5, 5.41) is 36.7. The number of benzene rings is 4. The first kappa shape index (κ1) is 54.1. The average Bonchev–Trinajstić information content (AvgIpc) is 2.70. The zero-order valence-electron chi connectivity index (χ0n) is 47.1. The van der Waals surface area contributed by atoms with Crippen molar-refractivity contribution >= 4 is 39.4 Å². The van der Waals surface area contributed by atoms with Gasteiger partial charge in [-0.05, 0) is 147 Å². The van der Waals surface area contributed by atoms with Crippen LogP contribution in [0.3, 0.4) is 0 Å². The van der Waals surface area contributed by atoms with Gasteiger partial charge in [-0.15, -0.1) is 0 Å². The highest BCUT2D eigenvalue weighted by Crippen LogP contribution is 2.64. The van der Waals surface area contributed by atoms with E-state index in [9.17, 15) is 19.8 Å². The number of aryl methyl sites for hydroxylation is 1. The van der Waals surface area contributed by atoms with Crippen LogP contribution < -0.4 is 35.9 Å². The fourth-order valence-electron chi connectivity index (χ4n) is 16.8. The molecule has 7 N–H and O–H groups in total. The quantitative estimate of drug-likeness (QED) is 0.0586. The number of carbonyl (C=O) groups excluding carboxylic acids is 2. The highest BCUT2D eigenvalue weighted by molar-refractivity contribution is 8.76. The van der Waals surface area contributed by atoms with Crippen LogP contribution in [0.1, 0.15) is 153 Å². The van der Waals surface area contributed by atoms with Crippen LogP contribution in [0.2, 0.25) is 0 Å². The minimum atomic E-state index is -0.711. The van der Waals surface area contributed by atoms with Crippen LogP contribution in [-0.4, -0.2) is 77.6 Å². The van der Waals surface area contributed by atoms with E-state index in [1.54, 1.807) is 13.2 Å². The van der Waals surface area contributed by atoms with E-state index in [4.69, 9.17) is 24.7 Å². The highest BCUT2D eigenvalue weighted by Gasteiger charge is 2.53. The monoisotopic (exact) mass is 1140 g/mol. The lowest BCUT2D eigenvalue weighted by atomic mass is 9.64. The number of rotatable bonds is 7. The first-order chi connectivity index (χ1) is 40.0. The van der Waals surface area contributed by atoms with Crippen LogP contribution in [0.15, 0.2) is 84.1 Å². The second-order valence-corrected chi connectivity index (χ2v) is 27.9. The van der Waals surface area contributed by atoms with Gasteiger partial charge in [-0.25, -0.2) is 0 Å². The lowest BCUT2D eigenvalue weighted by Crippen LogP contribution is -2.49. The number of phenols is 2. The van der Waals surface area contributed by atoms with Crippen LogP contribution in [0.5, 0.6) is 28.7 Å². The van der Waals surface area contributed by atoms with Crippen molar-refractivity contribution in [3.63, 3.8) is 0 Å². The molecular formula is C68H76N4O8S2. The second-order valence-electron chi connectivity index (χ2n) is 25.3. The third-order valence-electron chi connectivity index (χ3n) is 20.4. The molecule has 10 aliphatic rings. The number of piperidine rings is 1. The van der Waals surface area contributed by atoms with Gasteiger partial charge in [0.05, 0.1) is 30.9 Å². The van der Waals surface area contributed by atoms with Gasteiger partial charge in [0.2, 0.25) is 0 Å². The van der Waals surface area contributed by atoms with Gasteiger partial charge < -0.3 is 50.8 Å². The molecule has 1 spiro atoms. The topological polar surface area (TPSA) is 174 Å². The van der Waals surface area contributed by atoms with Crippen molar-refractivity contribution in [2.45, 2.75) is 164 Å². The molecule has 4 aliphatic carbocycles. The summed E-state index contributed by atoms with van der Waals surface area (Å²) in [7, 11) is 5.48. The van der Waals surface area contributed by atoms with Crippen molar-refractivity contribution in [3.8, 4) is 51.7 Å². The summed E-state index contributed by atoms with van der Waals surface area (Å²) in [6.45, 7) is 1.53. The van der Waals surface area contributed by atoms with Gasteiger partial charge in [0, 0.05) is 101 Å². The smallest absolute Gasteiger partial charge is 0.302 e. The first-order valence-corrected chi connectivity index (χ1v) is 32.9. The number of methoxy groups -OCH3 is 1. The molecule has 5 fully saturated rings. The number of ether oxygens (including phenoxy) is 4. The Kier molecular flexibility index (Phi) is 14.7. The number of hydrogen-bond donors (Lipinski definition) is 6. The maximum absolute atomic E-state index is 13.5. The lowest BCUT2D eigenvalue weighted by Gasteiger charge is -2.41. The first-order valence-electron chi connectivity index (χ1n) is 30.4. The standard InChI is InChI=1S/C68H76N4O8S2/c1-37(73)78-34-52-48-18-19-50-60-42(30-45(75)31-57(60)77-2)33-68-27-26-41(32-68)46(17-14-38-8-4-3-5-9-38)47-21-25-59(69)72-54(47)13-7-12-49-61(65(52)80-66(48)63(50)68)51-20-24-55-58(36-82-81-35-39-10-6-11-43(28-39)70-55)79-67(51)64(76)62(49)56-22-15-40-29-44(74)16-23-53(40)71-56/h3-5,8-9,18-21,24-25,30-31,39-41,43,46,52-53,55-56,58-59,65,70-72,75-76H,6,10-12,14-17,22-23,26-29,32-36,69H2,1-2H3. The summed E-state index contributed by atoms with van der Waals surface area (Å²) >= 11 is 0. The molecule has 6 heterocycles. The van der Waals surface area contributed by atoms with Gasteiger partial charge in [-0.1, -0.05) is 94.6 Å². The van der Waals surface area contributed by atoms with Crippen molar-refractivity contribution in [1.29, 1.82) is 0 Å². The summed E-state index contributed by atoms with van der Waals surface area (Å²) in [5.74, 6) is 12.2. The molecule has 4 aromatic carbocycles. The number of Topliss-reactive ketones (excluding diaryl/α,β-unsaturated/α-hetero) is 1. The number of allylic oxidation sites excluding steroid dienone is 3. The summed E-state index contributed by atoms with van der Waals surface area (Å²) in [4.78, 5) is 26.2. The van der Waals surface area contributed by atoms with Gasteiger partial charge in [0.25, 0.3) is 0 Å². The zero-order valence-corrected chi connectivity index (χ0v) is 48.7. The molecule has 13 atom stereocenters. The third-order valence-corrected chi connectivity index (χ3v) is 23.0. The number of phenolic OH excluding ortho intramolecular Hbond substituents is 2. The SMILES string of the molecule is COc1cc(O)cc2c1-c1ccc3c4c1C1(CCC(C1)C(CCc1ccccc1)C1=C(C#CCc5c(C6CCC7CC(=O)CCC7N6)c(O)c6c(c5C(O4)C3COC(C)=O)C=CC3NC4CCCC(CSSCC3O6)C4)NC(N)C=C1)C2. The summed E-state index contributed by atoms with van der Waals surface area (Å²) in [6.07, 6.45) is 20.8. The van der Waals surface area contributed by atoms with Gasteiger partial charge in [0.1, 0.15) is 41.8 Å². The van der Waals surface area contributed by atoms with Crippen molar-refractivity contribution in [2.24, 2.45) is 29.4 Å². The Morgan fingerprint density at radius 2 is 1.80 bits per heavy atom. The fraction of sp³-hybridized carbons (Fsp3) is 0.500. The lowest BCUT2D eigenvalue weighted by molar-refractivity contribution is -0.142. The fourth-order valence-corrected chi connectivity index (χ4v) is 19.4. The van der Waals surface area contributed by atoms with E-state index >= 15 is 0 Å². The predicted octanol–water partition coefficient (Wildman–Crippen LogP) is 11.5. The molecule has 82 heavy (non-hydrogen) atoms. The number of hydrogen-bond acceptors (Lipinski definition) is 14. The average molecular weight is 1140 g/mol. The van der Waals surface area contributed by atoms with Crippen LogP contribution in [0.25, 0.3) is 17.2 Å². The molecule has 0 radical (unpaired) electrons. The van der Waals surface area contributed by atoms with Gasteiger partial charge in [-0.2, -0.15) is 0 Å². The number of nitrogens with two attached hydrogens (primary N) is 1. The minimum Gasteiger partial charge on any atom is -0.508 e. The third kappa shape index (κ3) is 9.91. The number of fused-ring (bicyclic) bond motifs is 12. The Morgan fingerprint density at radius 1 is 0.927 bits per heavy atom. The predicted molar refractivity (Wildman–Crippen MR) is 323 cm³/mol. The second kappa shape index (κ2) is 22.3. The molecule has 14 rings (SSSR count). The molecule has 14 heteroatoms. The molecular weight excluding hydrogens is 1060 g/mol. The van der Waals surface area contributed by atoms with Crippen LogP contribution in [0.4, 0.5) is 0 Å². The summed E-state index contributed by atoms with van der Waals surface area (Å²) in [6, 6.07) is 18.8. The number of ketones is 1.